The number of nitrogens with one attached hydrogen (secondary N) is 1. The number of carbonyl (C=O) groups excluding carboxylic acids is 1. The van der Waals surface area contributed by atoms with Crippen molar-refractivity contribution in [3.8, 4) is 5.75 Å². The number of amides is 1. The minimum atomic E-state index is -0.187. The molecule has 1 fully saturated rings. The lowest BCUT2D eigenvalue weighted by Crippen LogP contribution is -2.40. The highest BCUT2D eigenvalue weighted by Crippen LogP contribution is 2.31. The summed E-state index contributed by atoms with van der Waals surface area (Å²) >= 11 is 0. The second-order valence-electron chi connectivity index (χ2n) is 5.64. The molecule has 0 saturated heterocycles. The van der Waals surface area contributed by atoms with Crippen LogP contribution in [0.1, 0.15) is 36.5 Å². The average Bonchev–Trinajstić information content (AvgIpc) is 2.37. The van der Waals surface area contributed by atoms with Crippen molar-refractivity contribution >= 4 is 16.7 Å². The maximum absolute atomic E-state index is 12.3. The lowest BCUT2D eigenvalue weighted by atomic mass is 9.80. The van der Waals surface area contributed by atoms with Gasteiger partial charge in [-0.2, -0.15) is 0 Å². The molecule has 2 aromatic rings. The Morgan fingerprint density at radius 1 is 1.25 bits per heavy atom. The van der Waals surface area contributed by atoms with Crippen molar-refractivity contribution in [3.63, 3.8) is 0 Å². The molecule has 1 saturated carbocycles. The predicted octanol–water partition coefficient (Wildman–Crippen LogP) is 3.46. The normalized spacial score (nSPS) is 16.6. The zero-order valence-corrected chi connectivity index (χ0v) is 11.6. The van der Waals surface area contributed by atoms with Crippen molar-refractivity contribution in [1.29, 1.82) is 0 Å². The summed E-state index contributed by atoms with van der Waals surface area (Å²) in [5.74, 6) is 0.468. The van der Waals surface area contributed by atoms with E-state index in [-0.39, 0.29) is 17.7 Å². The summed E-state index contributed by atoms with van der Waals surface area (Å²) in [4.78, 5) is 12.3. The maximum atomic E-state index is 12.3. The first-order valence-corrected chi connectivity index (χ1v) is 7.18. The molecule has 1 aliphatic carbocycles. The molecule has 104 valence electrons. The number of fused-ring (bicyclic) bond motifs is 1. The Bertz CT molecular complexity index is 646. The summed E-state index contributed by atoms with van der Waals surface area (Å²) in [6, 6.07) is 11.3. The van der Waals surface area contributed by atoms with E-state index in [1.807, 2.05) is 37.3 Å². The number of aromatic hydroxyl groups is 1. The van der Waals surface area contributed by atoms with Crippen LogP contribution in [0.15, 0.2) is 36.4 Å². The molecule has 2 N–H and O–H groups in total. The average molecular weight is 269 g/mol. The van der Waals surface area contributed by atoms with E-state index in [1.165, 1.54) is 19.3 Å². The third-order valence-corrected chi connectivity index (χ3v) is 4.36. The molecular weight excluding hydrogens is 250 g/mol. The second-order valence-corrected chi connectivity index (χ2v) is 5.64. The highest BCUT2D eigenvalue weighted by Gasteiger charge is 2.26. The van der Waals surface area contributed by atoms with Crippen molar-refractivity contribution in [3.05, 3.63) is 42.0 Å². The number of carbonyl (C=O) groups is 1. The molecule has 1 unspecified atom stereocenters. The van der Waals surface area contributed by atoms with Crippen LogP contribution in [0.3, 0.4) is 0 Å². The Kier molecular flexibility index (Phi) is 3.35. The highest BCUT2D eigenvalue weighted by molar-refractivity contribution is 6.03. The monoisotopic (exact) mass is 269 g/mol. The topological polar surface area (TPSA) is 49.3 Å². The largest absolute Gasteiger partial charge is 0.506 e. The molecule has 0 aromatic heterocycles. The summed E-state index contributed by atoms with van der Waals surface area (Å²) in [6.45, 7) is 2.04. The minimum absolute atomic E-state index is 0.0707. The standard InChI is InChI=1S/C17H19NO2/c1-11(12-6-4-7-12)18-17(20)15-10-9-13-5-2-3-8-14(13)16(15)19/h2-3,5,8-12,19H,4,6-7H2,1H3,(H,18,20). The Hall–Kier alpha value is -2.03. The summed E-state index contributed by atoms with van der Waals surface area (Å²) in [5, 5.41) is 14.9. The van der Waals surface area contributed by atoms with Crippen molar-refractivity contribution in [2.45, 2.75) is 32.2 Å². The fourth-order valence-electron chi connectivity index (χ4n) is 2.78. The molecular formula is C17H19NO2. The Balaban J connectivity index is 1.85. The summed E-state index contributed by atoms with van der Waals surface area (Å²) in [6.07, 6.45) is 3.63. The van der Waals surface area contributed by atoms with Gasteiger partial charge in [0.25, 0.3) is 5.91 Å². The first-order chi connectivity index (χ1) is 9.66. The second kappa shape index (κ2) is 5.16. The fraction of sp³-hybridized carbons (Fsp3) is 0.353. The van der Waals surface area contributed by atoms with Gasteiger partial charge >= 0.3 is 0 Å². The van der Waals surface area contributed by atoms with Crippen LogP contribution in [0.25, 0.3) is 10.8 Å². The van der Waals surface area contributed by atoms with Crippen LogP contribution >= 0.6 is 0 Å². The zero-order valence-electron chi connectivity index (χ0n) is 11.6. The maximum Gasteiger partial charge on any atom is 0.255 e. The molecule has 0 bridgehead atoms. The van der Waals surface area contributed by atoms with Crippen LogP contribution in [-0.2, 0) is 0 Å². The van der Waals surface area contributed by atoms with Crippen molar-refractivity contribution in [1.82, 2.24) is 5.32 Å². The Morgan fingerprint density at radius 2 is 2.00 bits per heavy atom. The smallest absolute Gasteiger partial charge is 0.255 e. The molecule has 0 heterocycles. The molecule has 2 aromatic carbocycles. The predicted molar refractivity (Wildman–Crippen MR) is 79.9 cm³/mol. The lowest BCUT2D eigenvalue weighted by Gasteiger charge is -2.31. The summed E-state index contributed by atoms with van der Waals surface area (Å²) in [5.41, 5.74) is 0.356. The number of rotatable bonds is 3. The third kappa shape index (κ3) is 2.24. The van der Waals surface area contributed by atoms with Gasteiger partial charge < -0.3 is 10.4 Å². The number of phenols is 1. The first kappa shape index (κ1) is 13.0. The van der Waals surface area contributed by atoms with E-state index >= 15 is 0 Å². The molecule has 1 atom stereocenters. The Morgan fingerprint density at radius 3 is 2.70 bits per heavy atom. The van der Waals surface area contributed by atoms with Gasteiger partial charge in [0.2, 0.25) is 0 Å². The Labute approximate surface area is 118 Å². The SMILES string of the molecule is CC(NC(=O)c1ccc2ccccc2c1O)C1CCC1. The van der Waals surface area contributed by atoms with E-state index in [1.54, 1.807) is 6.07 Å². The third-order valence-electron chi connectivity index (χ3n) is 4.36. The molecule has 20 heavy (non-hydrogen) atoms. The van der Waals surface area contributed by atoms with Crippen molar-refractivity contribution < 1.29 is 9.90 Å². The zero-order chi connectivity index (χ0) is 14.1. The van der Waals surface area contributed by atoms with Crippen LogP contribution < -0.4 is 5.32 Å². The van der Waals surface area contributed by atoms with Gasteiger partial charge in [0.15, 0.2) is 0 Å². The van der Waals surface area contributed by atoms with Gasteiger partial charge in [-0.05, 0) is 37.1 Å². The first-order valence-electron chi connectivity index (χ1n) is 7.18. The van der Waals surface area contributed by atoms with Crippen molar-refractivity contribution in [2.24, 2.45) is 5.92 Å². The van der Waals surface area contributed by atoms with Gasteiger partial charge in [-0.15, -0.1) is 0 Å². The van der Waals surface area contributed by atoms with E-state index in [9.17, 15) is 9.90 Å². The molecule has 3 rings (SSSR count). The van der Waals surface area contributed by atoms with E-state index in [4.69, 9.17) is 0 Å². The number of hydrogen-bond acceptors (Lipinski definition) is 2. The van der Waals surface area contributed by atoms with Gasteiger partial charge in [0, 0.05) is 11.4 Å². The number of phenolic OH excluding ortho intramolecular Hbond substituents is 1. The molecule has 0 spiro atoms. The summed E-state index contributed by atoms with van der Waals surface area (Å²) < 4.78 is 0. The minimum Gasteiger partial charge on any atom is -0.506 e. The van der Waals surface area contributed by atoms with Gasteiger partial charge in [0.05, 0.1) is 5.56 Å². The lowest BCUT2D eigenvalue weighted by molar-refractivity contribution is 0.0907. The van der Waals surface area contributed by atoms with Crippen LogP contribution in [0.2, 0.25) is 0 Å². The molecule has 0 aliphatic heterocycles. The molecule has 0 radical (unpaired) electrons. The van der Waals surface area contributed by atoms with Gasteiger partial charge in [-0.1, -0.05) is 36.8 Å². The van der Waals surface area contributed by atoms with Crippen LogP contribution in [-0.4, -0.2) is 17.1 Å². The van der Waals surface area contributed by atoms with E-state index in [2.05, 4.69) is 5.32 Å². The molecule has 1 amide bonds. The fourth-order valence-corrected chi connectivity index (χ4v) is 2.78. The van der Waals surface area contributed by atoms with E-state index in [0.29, 0.717) is 11.5 Å². The van der Waals surface area contributed by atoms with Crippen LogP contribution in [0, 0.1) is 5.92 Å². The molecule has 3 nitrogen and oxygen atoms in total. The van der Waals surface area contributed by atoms with Crippen LogP contribution in [0.5, 0.6) is 5.75 Å². The van der Waals surface area contributed by atoms with E-state index in [0.717, 1.165) is 10.8 Å². The highest BCUT2D eigenvalue weighted by atomic mass is 16.3. The van der Waals surface area contributed by atoms with Gasteiger partial charge in [-0.25, -0.2) is 0 Å². The quantitative estimate of drug-likeness (QED) is 0.896. The number of hydrogen-bond donors (Lipinski definition) is 2. The van der Waals surface area contributed by atoms with Gasteiger partial charge in [0.1, 0.15) is 5.75 Å². The summed E-state index contributed by atoms with van der Waals surface area (Å²) in [7, 11) is 0. The van der Waals surface area contributed by atoms with E-state index < -0.39 is 0 Å². The molecule has 1 aliphatic rings. The van der Waals surface area contributed by atoms with Crippen molar-refractivity contribution in [2.75, 3.05) is 0 Å². The van der Waals surface area contributed by atoms with Crippen LogP contribution in [0.4, 0.5) is 0 Å². The molecule has 3 heteroatoms. The number of benzene rings is 2. The van der Waals surface area contributed by atoms with Gasteiger partial charge in [-0.3, -0.25) is 4.79 Å².